The summed E-state index contributed by atoms with van der Waals surface area (Å²) in [6.45, 7) is 0. The van der Waals surface area contributed by atoms with Gasteiger partial charge in [0.2, 0.25) is 6.23 Å². The predicted molar refractivity (Wildman–Crippen MR) is 129 cm³/mol. The van der Waals surface area contributed by atoms with Crippen LogP contribution in [-0.2, 0) is 0 Å². The minimum Gasteiger partial charge on any atom is -0.507 e. The number of halogens is 2. The maximum atomic E-state index is 10.6. The van der Waals surface area contributed by atoms with Gasteiger partial charge >= 0.3 is 0 Å². The van der Waals surface area contributed by atoms with E-state index in [2.05, 4.69) is 37.9 Å². The first-order valence-electron chi connectivity index (χ1n) is 10.0. The zero-order valence-corrected chi connectivity index (χ0v) is 20.6. The summed E-state index contributed by atoms with van der Waals surface area (Å²) in [5, 5.41) is 17.5. The topological polar surface area (TPSA) is 63.5 Å². The van der Waals surface area contributed by atoms with Crippen LogP contribution in [0.15, 0.2) is 68.6 Å². The standard InChI is InChI=1S/C24H20Br2N2O4/c1-30-22-7-3-13(9-23(22)31-2)18-12-19-16-10-15(26)5-8-21(16)32-24(28(19)27-18)17-11-14(25)4-6-20(17)29/h3-11,19,24,29H,12H2,1-2H3/t19-,24+/m0/s1. The number of nitrogens with zero attached hydrogens (tertiary/aromatic N) is 2. The van der Waals surface area contributed by atoms with E-state index >= 15 is 0 Å². The Bertz CT molecular complexity index is 1230. The quantitative estimate of drug-likeness (QED) is 0.414. The molecule has 5 rings (SSSR count). The Morgan fingerprint density at radius 3 is 2.41 bits per heavy atom. The molecule has 2 heterocycles. The highest BCUT2D eigenvalue weighted by Crippen LogP contribution is 2.49. The van der Waals surface area contributed by atoms with Crippen molar-refractivity contribution in [3.63, 3.8) is 0 Å². The highest BCUT2D eigenvalue weighted by molar-refractivity contribution is 9.10. The molecule has 1 N–H and O–H groups in total. The van der Waals surface area contributed by atoms with Crippen molar-refractivity contribution in [2.24, 2.45) is 5.10 Å². The molecule has 3 aromatic rings. The largest absolute Gasteiger partial charge is 0.507 e. The second-order valence-corrected chi connectivity index (χ2v) is 9.40. The molecule has 0 saturated heterocycles. The number of hydrogen-bond acceptors (Lipinski definition) is 6. The summed E-state index contributed by atoms with van der Waals surface area (Å²) < 4.78 is 19.1. The van der Waals surface area contributed by atoms with E-state index in [4.69, 9.17) is 19.3 Å². The summed E-state index contributed by atoms with van der Waals surface area (Å²) in [7, 11) is 3.24. The molecule has 32 heavy (non-hydrogen) atoms. The maximum absolute atomic E-state index is 10.6. The van der Waals surface area contributed by atoms with E-state index in [1.165, 1.54) is 0 Å². The molecule has 0 saturated carbocycles. The van der Waals surface area contributed by atoms with Crippen LogP contribution in [0.2, 0.25) is 0 Å². The van der Waals surface area contributed by atoms with Gasteiger partial charge in [0.15, 0.2) is 11.5 Å². The lowest BCUT2D eigenvalue weighted by atomic mass is 9.95. The summed E-state index contributed by atoms with van der Waals surface area (Å²) in [6, 6.07) is 17.1. The number of methoxy groups -OCH3 is 2. The van der Waals surface area contributed by atoms with Gasteiger partial charge in [-0.25, -0.2) is 5.01 Å². The van der Waals surface area contributed by atoms with Crippen molar-refractivity contribution < 1.29 is 19.3 Å². The molecule has 8 heteroatoms. The van der Waals surface area contributed by atoms with Gasteiger partial charge in [0.1, 0.15) is 11.5 Å². The highest BCUT2D eigenvalue weighted by atomic mass is 79.9. The molecule has 2 atom stereocenters. The van der Waals surface area contributed by atoms with Crippen LogP contribution in [0.5, 0.6) is 23.0 Å². The van der Waals surface area contributed by atoms with Crippen LogP contribution < -0.4 is 14.2 Å². The molecule has 6 nitrogen and oxygen atoms in total. The summed E-state index contributed by atoms with van der Waals surface area (Å²) in [5.41, 5.74) is 3.55. The van der Waals surface area contributed by atoms with Crippen molar-refractivity contribution >= 4 is 37.6 Å². The summed E-state index contributed by atoms with van der Waals surface area (Å²) in [6.07, 6.45) is 0.122. The highest BCUT2D eigenvalue weighted by Gasteiger charge is 2.42. The third-order valence-corrected chi connectivity index (χ3v) is 6.71. The van der Waals surface area contributed by atoms with Crippen LogP contribution in [0, 0.1) is 0 Å². The van der Waals surface area contributed by atoms with Gasteiger partial charge in [-0.15, -0.1) is 0 Å². The van der Waals surface area contributed by atoms with Crippen LogP contribution in [-0.4, -0.2) is 30.0 Å². The van der Waals surface area contributed by atoms with Gasteiger partial charge in [0.25, 0.3) is 0 Å². The number of phenolic OH excluding ortho intramolecular Hbond substituents is 1. The van der Waals surface area contributed by atoms with Gasteiger partial charge in [-0.3, -0.25) is 0 Å². The van der Waals surface area contributed by atoms with Crippen LogP contribution in [0.3, 0.4) is 0 Å². The normalized spacial score (nSPS) is 19.0. The maximum Gasteiger partial charge on any atom is 0.217 e. The van der Waals surface area contributed by atoms with E-state index < -0.39 is 6.23 Å². The van der Waals surface area contributed by atoms with Crippen molar-refractivity contribution in [1.82, 2.24) is 5.01 Å². The smallest absolute Gasteiger partial charge is 0.217 e. The molecule has 2 aliphatic rings. The average molecular weight is 560 g/mol. The Morgan fingerprint density at radius 1 is 0.938 bits per heavy atom. The van der Waals surface area contributed by atoms with Crippen LogP contribution in [0.25, 0.3) is 0 Å². The molecule has 0 fully saturated rings. The Hall–Kier alpha value is -2.71. The fraction of sp³-hybridized carbons (Fsp3) is 0.208. The van der Waals surface area contributed by atoms with Gasteiger partial charge in [-0.05, 0) is 54.6 Å². The number of ether oxygens (including phenoxy) is 3. The molecular formula is C24H20Br2N2O4. The lowest BCUT2D eigenvalue weighted by Gasteiger charge is -2.38. The van der Waals surface area contributed by atoms with E-state index in [1.807, 2.05) is 41.4 Å². The Morgan fingerprint density at radius 2 is 1.66 bits per heavy atom. The fourth-order valence-electron chi connectivity index (χ4n) is 4.18. The van der Waals surface area contributed by atoms with Crippen molar-refractivity contribution in [3.8, 4) is 23.0 Å². The third kappa shape index (κ3) is 3.61. The monoisotopic (exact) mass is 558 g/mol. The van der Waals surface area contributed by atoms with Gasteiger partial charge < -0.3 is 19.3 Å². The van der Waals surface area contributed by atoms with E-state index in [0.29, 0.717) is 23.5 Å². The molecule has 164 valence electrons. The molecule has 0 radical (unpaired) electrons. The number of phenols is 1. The molecule has 0 bridgehead atoms. The minimum absolute atomic E-state index is 0.0391. The molecular weight excluding hydrogens is 540 g/mol. The van der Waals surface area contributed by atoms with Crippen molar-refractivity contribution in [3.05, 3.63) is 80.2 Å². The second kappa shape index (κ2) is 8.33. The van der Waals surface area contributed by atoms with Gasteiger partial charge in [0, 0.05) is 26.5 Å². The molecule has 3 aromatic carbocycles. The van der Waals surface area contributed by atoms with Crippen molar-refractivity contribution in [1.29, 1.82) is 0 Å². The second-order valence-electron chi connectivity index (χ2n) is 7.57. The molecule has 0 amide bonds. The third-order valence-electron chi connectivity index (χ3n) is 5.72. The lowest BCUT2D eigenvalue weighted by molar-refractivity contribution is -0.0204. The van der Waals surface area contributed by atoms with Crippen LogP contribution >= 0.6 is 31.9 Å². The van der Waals surface area contributed by atoms with Crippen LogP contribution in [0.4, 0.5) is 0 Å². The molecule has 2 aliphatic heterocycles. The van der Waals surface area contributed by atoms with Crippen molar-refractivity contribution in [2.75, 3.05) is 14.2 Å². The molecule has 0 unspecified atom stereocenters. The SMILES string of the molecule is COc1ccc(C2=NN3[C@@H](c4cc(Br)ccc4O)Oc4ccc(Br)cc4[C@@H]3C2)cc1OC. The summed E-state index contributed by atoms with van der Waals surface area (Å²) in [4.78, 5) is 0. The molecule has 0 spiro atoms. The Kier molecular flexibility index (Phi) is 5.51. The summed E-state index contributed by atoms with van der Waals surface area (Å²) in [5.74, 6) is 2.26. The van der Waals surface area contributed by atoms with E-state index in [9.17, 15) is 5.11 Å². The minimum atomic E-state index is -0.566. The predicted octanol–water partition coefficient (Wildman–Crippen LogP) is 6.18. The Balaban J connectivity index is 1.61. The number of fused-ring (bicyclic) bond motifs is 3. The van der Waals surface area contributed by atoms with Crippen molar-refractivity contribution in [2.45, 2.75) is 18.7 Å². The van der Waals surface area contributed by atoms with Gasteiger partial charge in [0.05, 0.1) is 31.5 Å². The number of aromatic hydroxyl groups is 1. The fourth-order valence-corrected chi connectivity index (χ4v) is 4.93. The van der Waals surface area contributed by atoms with E-state index in [0.717, 1.165) is 31.5 Å². The van der Waals surface area contributed by atoms with Gasteiger partial charge in [-0.1, -0.05) is 31.9 Å². The summed E-state index contributed by atoms with van der Waals surface area (Å²) >= 11 is 7.08. The number of rotatable bonds is 4. The first kappa shape index (κ1) is 21.2. The van der Waals surface area contributed by atoms with E-state index in [-0.39, 0.29) is 11.8 Å². The number of benzene rings is 3. The first-order chi connectivity index (χ1) is 15.5. The van der Waals surface area contributed by atoms with Crippen LogP contribution in [0.1, 0.15) is 35.4 Å². The molecule has 0 aliphatic carbocycles. The Labute approximate surface area is 202 Å². The van der Waals surface area contributed by atoms with Gasteiger partial charge in [-0.2, -0.15) is 5.10 Å². The zero-order chi connectivity index (χ0) is 22.4. The number of hydrogen-bond donors (Lipinski definition) is 1. The van der Waals surface area contributed by atoms with E-state index in [1.54, 1.807) is 26.4 Å². The molecule has 0 aromatic heterocycles. The zero-order valence-electron chi connectivity index (χ0n) is 17.4. The lowest BCUT2D eigenvalue weighted by Crippen LogP contribution is -2.33. The first-order valence-corrected chi connectivity index (χ1v) is 11.6. The number of hydrazone groups is 1. The average Bonchev–Trinajstić information content (AvgIpc) is 3.25.